The van der Waals surface area contributed by atoms with Crippen molar-refractivity contribution in [2.24, 2.45) is 5.92 Å². The molecule has 0 saturated carbocycles. The lowest BCUT2D eigenvalue weighted by Crippen LogP contribution is -1.99. The first-order valence-electron chi connectivity index (χ1n) is 5.46. The molecule has 0 aromatic heterocycles. The highest BCUT2D eigenvalue weighted by atomic mass is 16.5. The number of hydrogen-bond acceptors (Lipinski definition) is 2. The summed E-state index contributed by atoms with van der Waals surface area (Å²) >= 11 is 0. The first-order chi connectivity index (χ1) is 6.66. The molecule has 0 N–H and O–H groups in total. The van der Waals surface area contributed by atoms with Gasteiger partial charge in [-0.25, -0.2) is 0 Å². The molecule has 1 unspecified atom stereocenters. The highest BCUT2D eigenvalue weighted by molar-refractivity contribution is 5.65. The summed E-state index contributed by atoms with van der Waals surface area (Å²) in [6.45, 7) is 6.42. The molecular formula is C12H22O2. The van der Waals surface area contributed by atoms with Gasteiger partial charge in [0.2, 0.25) is 0 Å². The zero-order valence-corrected chi connectivity index (χ0v) is 9.58. The van der Waals surface area contributed by atoms with Crippen molar-refractivity contribution in [2.45, 2.75) is 46.5 Å². The average Bonchev–Trinajstić information content (AvgIpc) is 2.15. The van der Waals surface area contributed by atoms with Crippen molar-refractivity contribution in [1.29, 1.82) is 0 Å². The molecule has 0 bridgehead atoms. The Morgan fingerprint density at radius 3 is 2.71 bits per heavy atom. The fourth-order valence-electron chi connectivity index (χ4n) is 1.04. The Bertz CT molecular complexity index is 173. The lowest BCUT2D eigenvalue weighted by molar-refractivity contribution is -0.141. The van der Waals surface area contributed by atoms with E-state index >= 15 is 0 Å². The SMILES string of the molecule is CCC(C)/C=C/CCCCOC(C)=O. The number of esters is 1. The van der Waals surface area contributed by atoms with E-state index in [2.05, 4.69) is 26.0 Å². The van der Waals surface area contributed by atoms with Gasteiger partial charge in [-0.3, -0.25) is 4.79 Å². The lowest BCUT2D eigenvalue weighted by atomic mass is 10.1. The second-order valence-electron chi connectivity index (χ2n) is 3.65. The average molecular weight is 198 g/mol. The third kappa shape index (κ3) is 9.30. The van der Waals surface area contributed by atoms with Gasteiger partial charge in [-0.05, 0) is 25.2 Å². The van der Waals surface area contributed by atoms with Crippen LogP contribution in [0.2, 0.25) is 0 Å². The molecule has 0 saturated heterocycles. The summed E-state index contributed by atoms with van der Waals surface area (Å²) in [7, 11) is 0. The molecule has 0 aromatic carbocycles. The maximum atomic E-state index is 10.4. The molecule has 0 amide bonds. The quantitative estimate of drug-likeness (QED) is 0.356. The summed E-state index contributed by atoms with van der Waals surface area (Å²) < 4.78 is 4.83. The molecule has 0 fully saturated rings. The number of ether oxygens (including phenoxy) is 1. The van der Waals surface area contributed by atoms with E-state index in [4.69, 9.17) is 4.74 Å². The van der Waals surface area contributed by atoms with Crippen LogP contribution in [0.4, 0.5) is 0 Å². The van der Waals surface area contributed by atoms with Crippen LogP contribution in [0.15, 0.2) is 12.2 Å². The van der Waals surface area contributed by atoms with Crippen molar-refractivity contribution in [1.82, 2.24) is 0 Å². The van der Waals surface area contributed by atoms with Crippen molar-refractivity contribution in [3.8, 4) is 0 Å². The molecule has 0 aliphatic carbocycles. The van der Waals surface area contributed by atoms with Crippen LogP contribution in [-0.4, -0.2) is 12.6 Å². The van der Waals surface area contributed by atoms with E-state index < -0.39 is 0 Å². The highest BCUT2D eigenvalue weighted by Gasteiger charge is 1.92. The van der Waals surface area contributed by atoms with Crippen LogP contribution in [0, 0.1) is 5.92 Å². The Morgan fingerprint density at radius 2 is 2.14 bits per heavy atom. The van der Waals surface area contributed by atoms with Crippen LogP contribution in [-0.2, 0) is 9.53 Å². The minimum Gasteiger partial charge on any atom is -0.466 e. The van der Waals surface area contributed by atoms with Gasteiger partial charge in [0.15, 0.2) is 0 Å². The Morgan fingerprint density at radius 1 is 1.43 bits per heavy atom. The van der Waals surface area contributed by atoms with E-state index in [1.807, 2.05) is 0 Å². The summed E-state index contributed by atoms with van der Waals surface area (Å²) in [4.78, 5) is 10.4. The van der Waals surface area contributed by atoms with Crippen LogP contribution in [0.25, 0.3) is 0 Å². The topological polar surface area (TPSA) is 26.3 Å². The highest BCUT2D eigenvalue weighted by Crippen LogP contribution is 2.04. The third-order valence-corrected chi connectivity index (χ3v) is 2.18. The van der Waals surface area contributed by atoms with Crippen LogP contribution in [0.3, 0.4) is 0 Å². The maximum absolute atomic E-state index is 10.4. The number of unbranched alkanes of at least 4 members (excludes halogenated alkanes) is 2. The minimum absolute atomic E-state index is 0.180. The van der Waals surface area contributed by atoms with E-state index in [-0.39, 0.29) is 5.97 Å². The summed E-state index contributed by atoms with van der Waals surface area (Å²) in [5.74, 6) is 0.503. The largest absolute Gasteiger partial charge is 0.466 e. The third-order valence-electron chi connectivity index (χ3n) is 2.18. The van der Waals surface area contributed by atoms with Crippen LogP contribution >= 0.6 is 0 Å². The molecule has 0 aliphatic rings. The summed E-state index contributed by atoms with van der Waals surface area (Å²) in [6.07, 6.45) is 8.83. The van der Waals surface area contributed by atoms with Gasteiger partial charge in [-0.1, -0.05) is 32.4 Å². The van der Waals surface area contributed by atoms with Gasteiger partial charge in [-0.15, -0.1) is 0 Å². The van der Waals surface area contributed by atoms with E-state index in [1.165, 1.54) is 13.3 Å². The summed E-state index contributed by atoms with van der Waals surface area (Å²) in [6, 6.07) is 0. The second kappa shape index (κ2) is 8.79. The van der Waals surface area contributed by atoms with Gasteiger partial charge in [0.05, 0.1) is 6.61 Å². The molecule has 0 rings (SSSR count). The Kier molecular flexibility index (Phi) is 8.30. The molecule has 14 heavy (non-hydrogen) atoms. The number of allylic oxidation sites excluding steroid dienone is 2. The molecule has 2 heteroatoms. The molecule has 0 aliphatic heterocycles. The molecule has 0 aromatic rings. The Labute approximate surface area is 87.3 Å². The van der Waals surface area contributed by atoms with Crippen molar-refractivity contribution in [3.63, 3.8) is 0 Å². The molecule has 82 valence electrons. The van der Waals surface area contributed by atoms with E-state index in [9.17, 15) is 4.79 Å². The first kappa shape index (κ1) is 13.2. The second-order valence-corrected chi connectivity index (χ2v) is 3.65. The standard InChI is InChI=1S/C12H22O2/c1-4-11(2)9-7-5-6-8-10-14-12(3)13/h7,9,11H,4-6,8,10H2,1-3H3/b9-7+. The van der Waals surface area contributed by atoms with Crippen LogP contribution in [0.1, 0.15) is 46.5 Å². The van der Waals surface area contributed by atoms with Crippen molar-refractivity contribution in [3.05, 3.63) is 12.2 Å². The van der Waals surface area contributed by atoms with Gasteiger partial charge in [-0.2, -0.15) is 0 Å². The van der Waals surface area contributed by atoms with Crippen LogP contribution < -0.4 is 0 Å². The Hall–Kier alpha value is -0.790. The smallest absolute Gasteiger partial charge is 0.302 e. The normalized spacial score (nSPS) is 13.1. The lowest BCUT2D eigenvalue weighted by Gasteiger charge is -2.01. The zero-order chi connectivity index (χ0) is 10.8. The van der Waals surface area contributed by atoms with Gasteiger partial charge in [0.1, 0.15) is 0 Å². The van der Waals surface area contributed by atoms with Crippen molar-refractivity contribution < 1.29 is 9.53 Å². The monoisotopic (exact) mass is 198 g/mol. The van der Waals surface area contributed by atoms with Crippen molar-refractivity contribution >= 4 is 5.97 Å². The molecule has 0 spiro atoms. The summed E-state index contributed by atoms with van der Waals surface area (Å²) in [5.41, 5.74) is 0. The Balaban J connectivity index is 3.21. The predicted octanol–water partition coefficient (Wildman–Crippen LogP) is 3.32. The predicted molar refractivity (Wildman–Crippen MR) is 59.1 cm³/mol. The fraction of sp³-hybridized carbons (Fsp3) is 0.750. The molecule has 0 radical (unpaired) electrons. The maximum Gasteiger partial charge on any atom is 0.302 e. The molecule has 0 heterocycles. The van der Waals surface area contributed by atoms with E-state index in [1.54, 1.807) is 0 Å². The minimum atomic E-state index is -0.180. The van der Waals surface area contributed by atoms with Gasteiger partial charge >= 0.3 is 5.97 Å². The fourth-order valence-corrected chi connectivity index (χ4v) is 1.04. The van der Waals surface area contributed by atoms with Gasteiger partial charge in [0, 0.05) is 6.92 Å². The van der Waals surface area contributed by atoms with Crippen LogP contribution in [0.5, 0.6) is 0 Å². The van der Waals surface area contributed by atoms with Crippen molar-refractivity contribution in [2.75, 3.05) is 6.61 Å². The van der Waals surface area contributed by atoms with Gasteiger partial charge < -0.3 is 4.74 Å². The number of carbonyl (C=O) groups is 1. The first-order valence-corrected chi connectivity index (χ1v) is 5.46. The zero-order valence-electron chi connectivity index (χ0n) is 9.58. The number of rotatable bonds is 7. The molecular weight excluding hydrogens is 176 g/mol. The number of carbonyl (C=O) groups excluding carboxylic acids is 1. The summed E-state index contributed by atoms with van der Waals surface area (Å²) in [5, 5.41) is 0. The number of hydrogen-bond donors (Lipinski definition) is 0. The molecule has 2 nitrogen and oxygen atoms in total. The van der Waals surface area contributed by atoms with Gasteiger partial charge in [0.25, 0.3) is 0 Å². The van der Waals surface area contributed by atoms with E-state index in [0.717, 1.165) is 19.3 Å². The molecule has 1 atom stereocenters. The van der Waals surface area contributed by atoms with E-state index in [0.29, 0.717) is 12.5 Å².